The zero-order valence-electron chi connectivity index (χ0n) is 13.3. The lowest BCUT2D eigenvalue weighted by atomic mass is 9.83. The molecule has 118 valence electrons. The van der Waals surface area contributed by atoms with Crippen LogP contribution in [-0.2, 0) is 13.0 Å². The number of nitrogens with one attached hydrogen (secondary N) is 1. The highest BCUT2D eigenvalue weighted by Gasteiger charge is 2.27. The molecule has 1 N–H and O–H groups in total. The van der Waals surface area contributed by atoms with Crippen molar-refractivity contribution >= 4 is 0 Å². The van der Waals surface area contributed by atoms with Gasteiger partial charge in [-0.2, -0.15) is 0 Å². The summed E-state index contributed by atoms with van der Waals surface area (Å²) in [6.45, 7) is 6.43. The molecule has 1 atom stereocenters. The van der Waals surface area contributed by atoms with Gasteiger partial charge in [0.25, 0.3) is 0 Å². The van der Waals surface area contributed by atoms with Crippen LogP contribution in [0.2, 0.25) is 0 Å². The summed E-state index contributed by atoms with van der Waals surface area (Å²) < 4.78 is 5.78. The predicted molar refractivity (Wildman–Crippen MR) is 84.1 cm³/mol. The maximum absolute atomic E-state index is 5.78. The Labute approximate surface area is 128 Å². The van der Waals surface area contributed by atoms with Gasteiger partial charge in [-0.05, 0) is 38.3 Å². The number of hydrogen-bond acceptors (Lipinski definition) is 4. The summed E-state index contributed by atoms with van der Waals surface area (Å²) in [5.74, 6) is 2.76. The highest BCUT2D eigenvalue weighted by atomic mass is 16.4. The van der Waals surface area contributed by atoms with Crippen LogP contribution in [0.4, 0.5) is 0 Å². The van der Waals surface area contributed by atoms with Crippen molar-refractivity contribution in [1.82, 2.24) is 15.2 Å². The molecule has 3 rings (SSSR count). The largest absolute Gasteiger partial charge is 0.444 e. The van der Waals surface area contributed by atoms with Crippen LogP contribution in [0.15, 0.2) is 10.6 Å². The normalized spacial score (nSPS) is 25.9. The fourth-order valence-corrected chi connectivity index (χ4v) is 3.80. The summed E-state index contributed by atoms with van der Waals surface area (Å²) in [5.41, 5.74) is 0. The SMILES string of the molecule is CCc1cnc(CN2CCCNC(C3CCCCC3)C2)o1. The summed E-state index contributed by atoms with van der Waals surface area (Å²) in [4.78, 5) is 6.95. The summed E-state index contributed by atoms with van der Waals surface area (Å²) in [6.07, 6.45) is 11.1. The lowest BCUT2D eigenvalue weighted by molar-refractivity contribution is 0.189. The molecular formula is C17H29N3O. The van der Waals surface area contributed by atoms with E-state index in [1.165, 1.54) is 38.5 Å². The van der Waals surface area contributed by atoms with Gasteiger partial charge in [-0.25, -0.2) is 4.98 Å². The van der Waals surface area contributed by atoms with Gasteiger partial charge in [-0.3, -0.25) is 4.90 Å². The molecule has 0 bridgehead atoms. The van der Waals surface area contributed by atoms with E-state index in [0.717, 1.165) is 50.2 Å². The van der Waals surface area contributed by atoms with Crippen LogP contribution in [0.1, 0.15) is 57.1 Å². The molecular weight excluding hydrogens is 262 g/mol. The molecule has 1 unspecified atom stereocenters. The zero-order chi connectivity index (χ0) is 14.5. The lowest BCUT2D eigenvalue weighted by Gasteiger charge is -2.32. The van der Waals surface area contributed by atoms with Crippen molar-refractivity contribution in [2.75, 3.05) is 19.6 Å². The van der Waals surface area contributed by atoms with Gasteiger partial charge in [-0.1, -0.05) is 26.2 Å². The van der Waals surface area contributed by atoms with E-state index in [1.807, 2.05) is 6.20 Å². The first-order chi connectivity index (χ1) is 10.3. The Morgan fingerprint density at radius 1 is 1.29 bits per heavy atom. The van der Waals surface area contributed by atoms with Gasteiger partial charge in [0.15, 0.2) is 0 Å². The first kappa shape index (κ1) is 15.0. The summed E-state index contributed by atoms with van der Waals surface area (Å²) in [7, 11) is 0. The molecule has 0 spiro atoms. The minimum Gasteiger partial charge on any atom is -0.444 e. The van der Waals surface area contributed by atoms with E-state index >= 15 is 0 Å². The molecule has 4 nitrogen and oxygen atoms in total. The van der Waals surface area contributed by atoms with E-state index in [0.29, 0.717) is 6.04 Å². The molecule has 0 radical (unpaired) electrons. The second-order valence-corrected chi connectivity index (χ2v) is 6.62. The third kappa shape index (κ3) is 4.07. The minimum absolute atomic E-state index is 0.661. The molecule has 0 aromatic carbocycles. The number of hydrogen-bond donors (Lipinski definition) is 1. The Bertz CT molecular complexity index is 425. The molecule has 2 aliphatic rings. The first-order valence-corrected chi connectivity index (χ1v) is 8.74. The fraction of sp³-hybridized carbons (Fsp3) is 0.824. The van der Waals surface area contributed by atoms with Crippen molar-refractivity contribution < 1.29 is 4.42 Å². The standard InChI is InChI=1S/C17H29N3O/c1-2-15-11-19-17(21-15)13-20-10-6-9-18-16(12-20)14-7-4-3-5-8-14/h11,14,16,18H,2-10,12-13H2,1H3. The van der Waals surface area contributed by atoms with E-state index in [1.54, 1.807) is 0 Å². The van der Waals surface area contributed by atoms with Crippen LogP contribution in [0, 0.1) is 5.92 Å². The maximum Gasteiger partial charge on any atom is 0.208 e. The van der Waals surface area contributed by atoms with Crippen molar-refractivity contribution in [3.63, 3.8) is 0 Å². The third-order valence-electron chi connectivity index (χ3n) is 5.04. The maximum atomic E-state index is 5.78. The van der Waals surface area contributed by atoms with Gasteiger partial charge < -0.3 is 9.73 Å². The zero-order valence-corrected chi connectivity index (χ0v) is 13.3. The molecule has 1 saturated heterocycles. The number of aryl methyl sites for hydroxylation is 1. The van der Waals surface area contributed by atoms with E-state index in [9.17, 15) is 0 Å². The van der Waals surface area contributed by atoms with Gasteiger partial charge in [0.2, 0.25) is 5.89 Å². The quantitative estimate of drug-likeness (QED) is 0.926. The van der Waals surface area contributed by atoms with Crippen molar-refractivity contribution in [2.45, 2.75) is 64.5 Å². The fourth-order valence-electron chi connectivity index (χ4n) is 3.80. The Morgan fingerprint density at radius 2 is 2.14 bits per heavy atom. The van der Waals surface area contributed by atoms with Gasteiger partial charge in [0.1, 0.15) is 5.76 Å². The number of aromatic nitrogens is 1. The van der Waals surface area contributed by atoms with Crippen molar-refractivity contribution in [1.29, 1.82) is 0 Å². The smallest absolute Gasteiger partial charge is 0.208 e. The van der Waals surface area contributed by atoms with Crippen LogP contribution < -0.4 is 5.32 Å². The minimum atomic E-state index is 0.661. The van der Waals surface area contributed by atoms with Gasteiger partial charge in [-0.15, -0.1) is 0 Å². The molecule has 1 saturated carbocycles. The first-order valence-electron chi connectivity index (χ1n) is 8.74. The predicted octanol–water partition coefficient (Wildman–Crippen LogP) is 2.98. The highest BCUT2D eigenvalue weighted by molar-refractivity contribution is 4.94. The summed E-state index contributed by atoms with van der Waals surface area (Å²) in [5, 5.41) is 3.79. The van der Waals surface area contributed by atoms with E-state index < -0.39 is 0 Å². The summed E-state index contributed by atoms with van der Waals surface area (Å²) >= 11 is 0. The second kappa shape index (κ2) is 7.41. The molecule has 1 aliphatic carbocycles. The molecule has 4 heteroatoms. The van der Waals surface area contributed by atoms with E-state index in [2.05, 4.69) is 22.1 Å². The molecule has 2 heterocycles. The molecule has 2 fully saturated rings. The van der Waals surface area contributed by atoms with E-state index in [4.69, 9.17) is 4.42 Å². The number of rotatable bonds is 4. The molecule has 0 amide bonds. The topological polar surface area (TPSA) is 41.3 Å². The number of nitrogens with zero attached hydrogens (tertiary/aromatic N) is 2. The Morgan fingerprint density at radius 3 is 2.90 bits per heavy atom. The molecule has 1 aromatic rings. The summed E-state index contributed by atoms with van der Waals surface area (Å²) in [6, 6.07) is 0.661. The average molecular weight is 291 g/mol. The third-order valence-corrected chi connectivity index (χ3v) is 5.04. The van der Waals surface area contributed by atoms with Crippen LogP contribution >= 0.6 is 0 Å². The van der Waals surface area contributed by atoms with Crippen LogP contribution in [0.5, 0.6) is 0 Å². The Hall–Kier alpha value is -0.870. The Balaban J connectivity index is 1.58. The molecule has 1 aromatic heterocycles. The van der Waals surface area contributed by atoms with E-state index in [-0.39, 0.29) is 0 Å². The van der Waals surface area contributed by atoms with Crippen molar-refractivity contribution in [2.24, 2.45) is 5.92 Å². The number of oxazole rings is 1. The van der Waals surface area contributed by atoms with Gasteiger partial charge in [0, 0.05) is 19.0 Å². The monoisotopic (exact) mass is 291 g/mol. The molecule has 1 aliphatic heterocycles. The average Bonchev–Trinajstić information content (AvgIpc) is 2.85. The van der Waals surface area contributed by atoms with Crippen molar-refractivity contribution in [3.8, 4) is 0 Å². The Kier molecular flexibility index (Phi) is 5.31. The van der Waals surface area contributed by atoms with Crippen LogP contribution in [-0.4, -0.2) is 35.6 Å². The van der Waals surface area contributed by atoms with Crippen LogP contribution in [0.25, 0.3) is 0 Å². The van der Waals surface area contributed by atoms with Crippen LogP contribution in [0.3, 0.4) is 0 Å². The lowest BCUT2D eigenvalue weighted by Crippen LogP contribution is -2.43. The molecule has 21 heavy (non-hydrogen) atoms. The second-order valence-electron chi connectivity index (χ2n) is 6.62. The highest BCUT2D eigenvalue weighted by Crippen LogP contribution is 2.27. The van der Waals surface area contributed by atoms with Crippen molar-refractivity contribution in [3.05, 3.63) is 17.8 Å². The van der Waals surface area contributed by atoms with Gasteiger partial charge in [0.05, 0.1) is 12.7 Å². The van der Waals surface area contributed by atoms with Gasteiger partial charge >= 0.3 is 0 Å².